The highest BCUT2D eigenvalue weighted by molar-refractivity contribution is 7.52. The van der Waals surface area contributed by atoms with Crippen molar-refractivity contribution in [2.45, 2.75) is 0 Å². The van der Waals surface area contributed by atoms with Crippen LogP contribution in [0.3, 0.4) is 0 Å². The van der Waals surface area contributed by atoms with Gasteiger partial charge < -0.3 is 0 Å². The second-order valence-corrected chi connectivity index (χ2v) is 7.62. The largest absolute Gasteiger partial charge is 0.608 e. The summed E-state index contributed by atoms with van der Waals surface area (Å²) < 4.78 is 36.2. The molecule has 0 N–H and O–H groups in total. The average molecular weight is 368 g/mol. The van der Waals surface area contributed by atoms with Crippen LogP contribution in [0.25, 0.3) is 0 Å². The molecule has 4 nitrogen and oxygen atoms in total. The molecule has 0 fully saturated rings. The normalized spacial score (nSPS) is 11.7. The Morgan fingerprint density at radius 1 is 0.560 bits per heavy atom. The van der Waals surface area contributed by atoms with E-state index >= 15 is 0 Å². The highest BCUT2D eigenvalue weighted by Gasteiger charge is 2.42. The zero-order valence-corrected chi connectivity index (χ0v) is 15.1. The summed E-state index contributed by atoms with van der Waals surface area (Å²) in [5.41, 5.74) is 0.654. The van der Waals surface area contributed by atoms with Gasteiger partial charge in [-0.15, -0.1) is 0 Å². The molecule has 0 aliphatic rings. The van der Waals surface area contributed by atoms with E-state index in [-0.39, 0.29) is 0 Å². The fraction of sp³-hybridized carbons (Fsp3) is 0. The van der Waals surface area contributed by atoms with Gasteiger partial charge in [-0.1, -0.05) is 66.7 Å². The molecule has 0 radical (unpaired) electrons. The predicted octanol–water partition coefficient (Wildman–Crippen LogP) is 3.55. The molecule has 3 rings (SSSR count). The average Bonchev–Trinajstić information content (AvgIpc) is 2.69. The minimum atomic E-state index is -2.14. The van der Waals surface area contributed by atoms with E-state index in [0.29, 0.717) is 16.1 Å². The molecule has 0 heterocycles. The van der Waals surface area contributed by atoms with E-state index in [0.717, 1.165) is 0 Å². The van der Waals surface area contributed by atoms with Gasteiger partial charge >= 0.3 is 23.2 Å². The molecule has 7 heteroatoms. The molecule has 0 amide bonds. The van der Waals surface area contributed by atoms with Crippen LogP contribution in [0.15, 0.2) is 91.0 Å². The monoisotopic (exact) mass is 368 g/mol. The third-order valence-electron chi connectivity index (χ3n) is 3.39. The summed E-state index contributed by atoms with van der Waals surface area (Å²) in [5.74, 6) is 0. The Hall–Kier alpha value is -2.16. The first kappa shape index (κ1) is 17.7. The van der Waals surface area contributed by atoms with Crippen molar-refractivity contribution < 1.29 is 18.0 Å². The number of rotatable bonds is 7. The Kier molecular flexibility index (Phi) is 6.22. The van der Waals surface area contributed by atoms with Crippen molar-refractivity contribution in [3.05, 3.63) is 91.0 Å². The maximum atomic E-state index is 12.5. The zero-order chi connectivity index (χ0) is 17.5. The maximum absolute atomic E-state index is 12.5. The van der Waals surface area contributed by atoms with Gasteiger partial charge in [0.15, 0.2) is 0 Å². The van der Waals surface area contributed by atoms with E-state index in [9.17, 15) is 9.13 Å². The highest BCUT2D eigenvalue weighted by Crippen LogP contribution is 2.28. The van der Waals surface area contributed by atoms with E-state index in [1.165, 1.54) is 0 Å². The lowest BCUT2D eigenvalue weighted by molar-refractivity contribution is 0.443. The lowest BCUT2D eigenvalue weighted by Gasteiger charge is -2.01. The molecule has 122 valence electrons. The van der Waals surface area contributed by atoms with Gasteiger partial charge in [0, 0.05) is 0 Å². The molecule has 0 saturated heterocycles. The van der Waals surface area contributed by atoms with Crippen LogP contribution < -0.4 is 16.1 Å². The van der Waals surface area contributed by atoms with Gasteiger partial charge in [0.05, 0.1) is 0 Å². The van der Waals surface area contributed by atoms with E-state index < -0.39 is 23.2 Å². The Morgan fingerprint density at radius 2 is 0.920 bits per heavy atom. The van der Waals surface area contributed by atoms with Crippen molar-refractivity contribution in [1.29, 1.82) is 0 Å². The summed E-state index contributed by atoms with van der Waals surface area (Å²) in [5, 5.41) is 1.11. The minimum absolute atomic E-state index is 0.553. The molecule has 0 bridgehead atoms. The smallest absolute Gasteiger partial charge is 0.162 e. The fourth-order valence-corrected chi connectivity index (χ4v) is 3.97. The Labute approximate surface area is 148 Å². The molecule has 3 aromatic rings. The minimum Gasteiger partial charge on any atom is -0.162 e. The topological polar surface area (TPSA) is 52.6 Å². The van der Waals surface area contributed by atoms with Crippen LogP contribution in [0.4, 0.5) is 0 Å². The van der Waals surface area contributed by atoms with Crippen LogP contribution in [0.2, 0.25) is 0 Å². The first-order valence-corrected chi connectivity index (χ1v) is 10.0. The van der Waals surface area contributed by atoms with Gasteiger partial charge in [-0.3, -0.25) is 0 Å². The van der Waals surface area contributed by atoms with Crippen molar-refractivity contribution in [3.8, 4) is 0 Å². The lowest BCUT2D eigenvalue weighted by atomic mass is 9.80. The van der Waals surface area contributed by atoms with Crippen LogP contribution in [0, 0.1) is 0 Å². The maximum Gasteiger partial charge on any atom is 0.608 e. The lowest BCUT2D eigenvalue weighted by Crippen LogP contribution is -2.34. The van der Waals surface area contributed by atoms with Crippen LogP contribution in [-0.4, -0.2) is 7.12 Å². The van der Waals surface area contributed by atoms with Gasteiger partial charge in [0.2, 0.25) is 10.6 Å². The van der Waals surface area contributed by atoms with Crippen molar-refractivity contribution in [3.63, 3.8) is 0 Å². The van der Waals surface area contributed by atoms with E-state index in [2.05, 4.69) is 0 Å². The third kappa shape index (κ3) is 4.91. The van der Waals surface area contributed by atoms with Gasteiger partial charge in [-0.05, 0) is 38.9 Å². The SMILES string of the molecule is O=[P+](OB(O[P+](=O)c1ccccc1)c1ccccc1)c1ccccc1. The van der Waals surface area contributed by atoms with Gasteiger partial charge in [-0.25, -0.2) is 0 Å². The van der Waals surface area contributed by atoms with Crippen molar-refractivity contribution >= 4 is 39.2 Å². The molecule has 0 aliphatic carbocycles. The van der Waals surface area contributed by atoms with E-state index in [1.54, 1.807) is 60.7 Å². The molecular formula is C18H15BO4P2+2. The molecule has 0 aliphatic heterocycles. The van der Waals surface area contributed by atoms with E-state index in [4.69, 9.17) is 8.88 Å². The number of hydrogen-bond acceptors (Lipinski definition) is 4. The first-order chi connectivity index (χ1) is 12.2. The van der Waals surface area contributed by atoms with Crippen molar-refractivity contribution in [2.24, 2.45) is 0 Å². The first-order valence-electron chi connectivity index (χ1n) is 7.67. The Morgan fingerprint density at radius 3 is 1.32 bits per heavy atom. The standard InChI is InChI=1S/C18H15BO4P2/c20-24(17-12-6-2-7-13-17)22-19(16-10-4-1-5-11-16)23-25(21)18-14-8-3-9-15-18/h1-15H/q+2. The van der Waals surface area contributed by atoms with Crippen LogP contribution in [0.1, 0.15) is 0 Å². The van der Waals surface area contributed by atoms with Gasteiger partial charge in [0.1, 0.15) is 0 Å². The summed E-state index contributed by atoms with van der Waals surface area (Å²) in [7, 11) is -5.28. The summed E-state index contributed by atoms with van der Waals surface area (Å²) >= 11 is 0. The molecule has 25 heavy (non-hydrogen) atoms. The highest BCUT2D eigenvalue weighted by atomic mass is 31.1. The molecule has 0 saturated carbocycles. The second-order valence-electron chi connectivity index (χ2n) is 5.14. The molecule has 0 spiro atoms. The van der Waals surface area contributed by atoms with Crippen LogP contribution in [-0.2, 0) is 18.0 Å². The molecule has 2 unspecified atom stereocenters. The second kappa shape index (κ2) is 8.80. The van der Waals surface area contributed by atoms with Gasteiger partial charge in [0.25, 0.3) is 0 Å². The van der Waals surface area contributed by atoms with E-state index in [1.807, 2.05) is 30.3 Å². The number of hydrogen-bond donors (Lipinski definition) is 0. The zero-order valence-electron chi connectivity index (χ0n) is 13.3. The predicted molar refractivity (Wildman–Crippen MR) is 101 cm³/mol. The van der Waals surface area contributed by atoms with Crippen LogP contribution >= 0.6 is 16.1 Å². The fourth-order valence-electron chi connectivity index (χ4n) is 2.15. The quantitative estimate of drug-likeness (QED) is 0.473. The van der Waals surface area contributed by atoms with Crippen molar-refractivity contribution in [1.82, 2.24) is 0 Å². The molecule has 3 aromatic carbocycles. The Balaban J connectivity index is 1.81. The number of benzene rings is 3. The Bertz CT molecular complexity index is 791. The molecule has 0 aromatic heterocycles. The molecule has 2 atom stereocenters. The summed E-state index contributed by atoms with van der Waals surface area (Å²) in [6.07, 6.45) is 0. The van der Waals surface area contributed by atoms with Gasteiger partial charge in [-0.2, -0.15) is 8.88 Å². The summed E-state index contributed by atoms with van der Waals surface area (Å²) in [6, 6.07) is 26.8. The molecular weight excluding hydrogens is 353 g/mol. The van der Waals surface area contributed by atoms with Crippen LogP contribution in [0.5, 0.6) is 0 Å². The third-order valence-corrected chi connectivity index (χ3v) is 5.59. The summed E-state index contributed by atoms with van der Waals surface area (Å²) in [4.78, 5) is 0. The summed E-state index contributed by atoms with van der Waals surface area (Å²) in [6.45, 7) is 0. The van der Waals surface area contributed by atoms with Crippen molar-refractivity contribution in [2.75, 3.05) is 0 Å².